The highest BCUT2D eigenvalue weighted by atomic mass is 16.8. The summed E-state index contributed by atoms with van der Waals surface area (Å²) in [5.41, 5.74) is 0. The number of carbonyl (C=O) groups excluding carboxylic acids is 1. The molecule has 0 aromatic rings. The first-order valence-corrected chi connectivity index (χ1v) is 8.06. The van der Waals surface area contributed by atoms with E-state index in [1.807, 2.05) is 0 Å². The van der Waals surface area contributed by atoms with Crippen LogP contribution in [0.15, 0.2) is 12.7 Å². The normalized spacial score (nSPS) is 13.5. The number of rotatable bonds is 16. The zero-order chi connectivity index (χ0) is 17.4. The molecule has 0 heterocycles. The van der Waals surface area contributed by atoms with E-state index in [0.29, 0.717) is 0 Å². The molecule has 7 nitrogen and oxygen atoms in total. The van der Waals surface area contributed by atoms with Crippen molar-refractivity contribution >= 4 is 5.97 Å². The Balaban J connectivity index is 4.08. The van der Waals surface area contributed by atoms with Crippen LogP contribution in [0.1, 0.15) is 39.0 Å². The lowest BCUT2D eigenvalue weighted by Crippen LogP contribution is -2.43. The second kappa shape index (κ2) is 14.6. The van der Waals surface area contributed by atoms with Gasteiger partial charge >= 0.3 is 11.9 Å². The van der Waals surface area contributed by atoms with E-state index < -0.39 is 11.9 Å². The van der Waals surface area contributed by atoms with Gasteiger partial charge < -0.3 is 29.2 Å². The van der Waals surface area contributed by atoms with Gasteiger partial charge in [0.25, 0.3) is 0 Å². The van der Waals surface area contributed by atoms with Crippen LogP contribution in [0, 0.1) is 0 Å². The van der Waals surface area contributed by atoms with Gasteiger partial charge in [-0.2, -0.15) is 0 Å². The van der Waals surface area contributed by atoms with Crippen molar-refractivity contribution in [3.63, 3.8) is 0 Å². The fourth-order valence-electron chi connectivity index (χ4n) is 1.72. The van der Waals surface area contributed by atoms with Gasteiger partial charge in [0.15, 0.2) is 0 Å². The summed E-state index contributed by atoms with van der Waals surface area (Å²) in [6.07, 6.45) is 6.09. The first-order valence-electron chi connectivity index (χ1n) is 8.06. The third-order valence-electron chi connectivity index (χ3n) is 2.89. The number of hydrogen-bond donors (Lipinski definition) is 2. The zero-order valence-corrected chi connectivity index (χ0v) is 14.0. The average Bonchev–Trinajstić information content (AvgIpc) is 2.54. The first kappa shape index (κ1) is 22.0. The van der Waals surface area contributed by atoms with E-state index in [1.165, 1.54) is 0 Å². The van der Waals surface area contributed by atoms with Crippen molar-refractivity contribution < 1.29 is 34.0 Å². The molecule has 2 N–H and O–H groups in total. The summed E-state index contributed by atoms with van der Waals surface area (Å²) in [6, 6.07) is 0. The molecule has 0 aromatic heterocycles. The van der Waals surface area contributed by atoms with Crippen LogP contribution in [-0.4, -0.2) is 61.8 Å². The molecule has 0 aliphatic carbocycles. The van der Waals surface area contributed by atoms with Crippen molar-refractivity contribution in [1.29, 1.82) is 0 Å². The molecular formula is C16H30O7. The Morgan fingerprint density at radius 2 is 1.78 bits per heavy atom. The Morgan fingerprint density at radius 3 is 2.43 bits per heavy atom. The smallest absolute Gasteiger partial charge is 0.351 e. The Bertz CT molecular complexity index is 291. The fourth-order valence-corrected chi connectivity index (χ4v) is 1.72. The van der Waals surface area contributed by atoms with Crippen LogP contribution < -0.4 is 0 Å². The average molecular weight is 334 g/mol. The molecule has 0 saturated heterocycles. The van der Waals surface area contributed by atoms with Crippen LogP contribution >= 0.6 is 0 Å². The lowest BCUT2D eigenvalue weighted by atomic mass is 10.2. The molecule has 0 bridgehead atoms. The van der Waals surface area contributed by atoms with Gasteiger partial charge in [0.2, 0.25) is 0 Å². The predicted molar refractivity (Wildman–Crippen MR) is 84.7 cm³/mol. The molecule has 0 saturated carbocycles. The van der Waals surface area contributed by atoms with Crippen molar-refractivity contribution in [3.05, 3.63) is 12.7 Å². The number of carbonyl (C=O) groups is 1. The highest BCUT2D eigenvalue weighted by Crippen LogP contribution is 2.13. The molecule has 23 heavy (non-hydrogen) atoms. The minimum absolute atomic E-state index is 0.0674. The minimum Gasteiger partial charge on any atom is -0.403 e. The summed E-state index contributed by atoms with van der Waals surface area (Å²) in [4.78, 5) is 11.3. The molecule has 0 amide bonds. The summed E-state index contributed by atoms with van der Waals surface area (Å²) in [6.45, 7) is 5.92. The topological polar surface area (TPSA) is 94.5 Å². The van der Waals surface area contributed by atoms with Crippen LogP contribution in [0.3, 0.4) is 0 Å². The van der Waals surface area contributed by atoms with Gasteiger partial charge in [0.05, 0.1) is 33.0 Å². The number of esters is 1. The van der Waals surface area contributed by atoms with Gasteiger partial charge in [-0.25, -0.2) is 4.79 Å². The van der Waals surface area contributed by atoms with Crippen LogP contribution in [0.5, 0.6) is 0 Å². The number of hydrogen-bond acceptors (Lipinski definition) is 7. The molecule has 1 atom stereocenters. The van der Waals surface area contributed by atoms with E-state index in [-0.39, 0.29) is 39.6 Å². The highest BCUT2D eigenvalue weighted by Gasteiger charge is 2.32. The van der Waals surface area contributed by atoms with E-state index in [4.69, 9.17) is 24.1 Å². The molecule has 0 aliphatic rings. The van der Waals surface area contributed by atoms with E-state index >= 15 is 0 Å². The van der Waals surface area contributed by atoms with Crippen LogP contribution in [-0.2, 0) is 23.7 Å². The highest BCUT2D eigenvalue weighted by molar-refractivity contribution is 5.81. The van der Waals surface area contributed by atoms with Crippen LogP contribution in [0.4, 0.5) is 0 Å². The molecule has 1 unspecified atom stereocenters. The van der Waals surface area contributed by atoms with Crippen molar-refractivity contribution in [2.45, 2.75) is 45.0 Å². The number of ether oxygens (including phenoxy) is 4. The summed E-state index contributed by atoms with van der Waals surface area (Å²) in [5, 5.41) is 18.8. The van der Waals surface area contributed by atoms with E-state index in [1.54, 1.807) is 0 Å². The van der Waals surface area contributed by atoms with E-state index in [2.05, 4.69) is 13.5 Å². The quantitative estimate of drug-likeness (QED) is 0.190. The predicted octanol–water partition coefficient (Wildman–Crippen LogP) is 1.37. The van der Waals surface area contributed by atoms with E-state index in [9.17, 15) is 9.90 Å². The third-order valence-corrected chi connectivity index (χ3v) is 2.89. The summed E-state index contributed by atoms with van der Waals surface area (Å²) < 4.78 is 20.3. The number of aliphatic hydroxyl groups excluding tert-OH is 1. The van der Waals surface area contributed by atoms with Crippen molar-refractivity contribution in [1.82, 2.24) is 0 Å². The van der Waals surface area contributed by atoms with Crippen LogP contribution in [0.25, 0.3) is 0 Å². The summed E-state index contributed by atoms with van der Waals surface area (Å²) >= 11 is 0. The summed E-state index contributed by atoms with van der Waals surface area (Å²) in [5.74, 6) is -2.92. The Morgan fingerprint density at radius 1 is 1.09 bits per heavy atom. The van der Waals surface area contributed by atoms with Crippen LogP contribution in [0.2, 0.25) is 0 Å². The first-order chi connectivity index (χ1) is 11.1. The van der Waals surface area contributed by atoms with Gasteiger partial charge in [-0.05, 0) is 6.42 Å². The molecule has 7 heteroatoms. The second-order valence-corrected chi connectivity index (χ2v) is 4.99. The largest absolute Gasteiger partial charge is 0.403 e. The third kappa shape index (κ3) is 13.2. The van der Waals surface area contributed by atoms with E-state index in [0.717, 1.165) is 38.2 Å². The van der Waals surface area contributed by atoms with Gasteiger partial charge in [-0.3, -0.25) is 0 Å². The van der Waals surface area contributed by atoms with Crippen molar-refractivity contribution in [2.75, 3.05) is 39.6 Å². The maximum absolute atomic E-state index is 11.3. The summed E-state index contributed by atoms with van der Waals surface area (Å²) in [7, 11) is 0. The van der Waals surface area contributed by atoms with Gasteiger partial charge in [-0.15, -0.1) is 0 Å². The van der Waals surface area contributed by atoms with Gasteiger partial charge in [-0.1, -0.05) is 39.2 Å². The number of aliphatic hydroxyl groups is 2. The lowest BCUT2D eigenvalue weighted by Gasteiger charge is -2.26. The SMILES string of the molecule is C=CC(=O)OC(O)(COCCOCCO)OCCCCCCC. The molecule has 136 valence electrons. The van der Waals surface area contributed by atoms with Gasteiger partial charge in [0, 0.05) is 6.08 Å². The second-order valence-electron chi connectivity index (χ2n) is 4.99. The monoisotopic (exact) mass is 334 g/mol. The molecule has 0 aliphatic heterocycles. The van der Waals surface area contributed by atoms with Crippen molar-refractivity contribution in [2.24, 2.45) is 0 Å². The molecular weight excluding hydrogens is 304 g/mol. The van der Waals surface area contributed by atoms with Crippen molar-refractivity contribution in [3.8, 4) is 0 Å². The molecule has 0 aromatic carbocycles. The lowest BCUT2D eigenvalue weighted by molar-refractivity contribution is -0.357. The van der Waals surface area contributed by atoms with Gasteiger partial charge in [0.1, 0.15) is 6.61 Å². The molecule has 0 fully saturated rings. The molecule has 0 rings (SSSR count). The molecule has 0 spiro atoms. The maximum atomic E-state index is 11.3. The Kier molecular flexibility index (Phi) is 14.0. The number of unbranched alkanes of at least 4 members (excludes halogenated alkanes) is 4. The zero-order valence-electron chi connectivity index (χ0n) is 14.0. The Labute approximate surface area is 138 Å². The minimum atomic E-state index is -2.13. The Hall–Kier alpha value is -0.990. The standard InChI is InChI=1S/C16H30O7/c1-3-5-6-7-8-10-22-16(19,23-15(18)4-2)14-21-13-12-20-11-9-17/h4,17,19H,2-3,5-14H2,1H3. The fraction of sp³-hybridized carbons (Fsp3) is 0.812. The maximum Gasteiger partial charge on any atom is 0.351 e. The molecule has 0 radical (unpaired) electrons.